The molecule has 1 atom stereocenters. The van der Waals surface area contributed by atoms with Crippen LogP contribution >= 0.6 is 0 Å². The zero-order chi connectivity index (χ0) is 16.8. The van der Waals surface area contributed by atoms with Crippen LogP contribution in [0.2, 0.25) is 0 Å². The highest BCUT2D eigenvalue weighted by Crippen LogP contribution is 2.22. The van der Waals surface area contributed by atoms with E-state index >= 15 is 0 Å². The van der Waals surface area contributed by atoms with Gasteiger partial charge in [0.25, 0.3) is 0 Å². The van der Waals surface area contributed by atoms with E-state index in [1.807, 2.05) is 48.4 Å². The van der Waals surface area contributed by atoms with Gasteiger partial charge in [0.1, 0.15) is 0 Å². The van der Waals surface area contributed by atoms with Gasteiger partial charge < -0.3 is 10.2 Å². The molecule has 4 heteroatoms. The number of nitrogens with zero attached hydrogens (tertiary/aromatic N) is 2. The van der Waals surface area contributed by atoms with Crippen molar-refractivity contribution in [1.29, 1.82) is 0 Å². The summed E-state index contributed by atoms with van der Waals surface area (Å²) in [6.07, 6.45) is 9.04. The normalized spacial score (nSPS) is 17.5. The van der Waals surface area contributed by atoms with Crippen LogP contribution in [0.15, 0.2) is 48.8 Å². The molecule has 4 nitrogen and oxygen atoms in total. The predicted octanol–water partition coefficient (Wildman–Crippen LogP) is 4.41. The minimum absolute atomic E-state index is 0.0229. The van der Waals surface area contributed by atoms with Crippen molar-refractivity contribution in [3.8, 4) is 0 Å². The van der Waals surface area contributed by atoms with Crippen molar-refractivity contribution < 1.29 is 4.79 Å². The molecule has 2 aromatic rings. The fourth-order valence-corrected chi connectivity index (χ4v) is 3.28. The summed E-state index contributed by atoms with van der Waals surface area (Å²) in [5, 5.41) is 3.04. The number of hydrogen-bond acceptors (Lipinski definition) is 2. The van der Waals surface area contributed by atoms with Crippen LogP contribution in [0.1, 0.15) is 36.8 Å². The van der Waals surface area contributed by atoms with Crippen LogP contribution in [0.5, 0.6) is 0 Å². The van der Waals surface area contributed by atoms with Gasteiger partial charge in [0.2, 0.25) is 0 Å². The third kappa shape index (κ3) is 4.34. The maximum absolute atomic E-state index is 12.7. The molecule has 1 saturated heterocycles. The lowest BCUT2D eigenvalue weighted by Crippen LogP contribution is -2.46. The average Bonchev–Trinajstić information content (AvgIpc) is 2.63. The van der Waals surface area contributed by atoms with Gasteiger partial charge in [-0.05, 0) is 62.8 Å². The Balaban J connectivity index is 1.60. The minimum atomic E-state index is 0.0229. The number of urea groups is 1. The van der Waals surface area contributed by atoms with Crippen molar-refractivity contribution in [2.75, 3.05) is 11.9 Å². The van der Waals surface area contributed by atoms with Crippen LogP contribution < -0.4 is 5.32 Å². The Morgan fingerprint density at radius 1 is 1.25 bits per heavy atom. The number of carbonyl (C=O) groups excluding carboxylic acids is 1. The number of carbonyl (C=O) groups is 1. The van der Waals surface area contributed by atoms with E-state index in [9.17, 15) is 4.79 Å². The Kier molecular flexibility index (Phi) is 5.47. The van der Waals surface area contributed by atoms with Crippen LogP contribution in [-0.4, -0.2) is 28.5 Å². The summed E-state index contributed by atoms with van der Waals surface area (Å²) in [5.41, 5.74) is 3.30. The summed E-state index contributed by atoms with van der Waals surface area (Å²) in [7, 11) is 0. The minimum Gasteiger partial charge on any atom is -0.322 e. The molecule has 1 aliphatic heterocycles. The summed E-state index contributed by atoms with van der Waals surface area (Å²) >= 11 is 0. The van der Waals surface area contributed by atoms with E-state index in [1.165, 1.54) is 17.5 Å². The number of rotatable bonds is 4. The first-order chi connectivity index (χ1) is 11.7. The molecule has 0 bridgehead atoms. The molecule has 0 aliphatic carbocycles. The highest BCUT2D eigenvalue weighted by molar-refractivity contribution is 5.89. The number of benzene rings is 1. The van der Waals surface area contributed by atoms with Crippen molar-refractivity contribution in [3.05, 3.63) is 59.9 Å². The number of aryl methyl sites for hydroxylation is 2. The zero-order valence-electron chi connectivity index (χ0n) is 14.2. The molecule has 0 saturated carbocycles. The van der Waals surface area contributed by atoms with Crippen LogP contribution in [0.25, 0.3) is 0 Å². The van der Waals surface area contributed by atoms with Crippen molar-refractivity contribution in [1.82, 2.24) is 9.88 Å². The number of piperidine rings is 1. The van der Waals surface area contributed by atoms with Crippen LogP contribution in [0, 0.1) is 6.92 Å². The molecule has 24 heavy (non-hydrogen) atoms. The molecular weight excluding hydrogens is 298 g/mol. The van der Waals surface area contributed by atoms with Crippen molar-refractivity contribution >= 4 is 11.7 Å². The second-order valence-corrected chi connectivity index (χ2v) is 6.54. The second-order valence-electron chi connectivity index (χ2n) is 6.54. The molecule has 2 amide bonds. The number of nitrogens with one attached hydrogen (secondary N) is 1. The van der Waals surface area contributed by atoms with Gasteiger partial charge in [-0.15, -0.1) is 0 Å². The Morgan fingerprint density at radius 3 is 2.83 bits per heavy atom. The lowest BCUT2D eigenvalue weighted by molar-refractivity contribution is 0.158. The SMILES string of the molecule is Cc1ccc(NC(=O)N2CCCCC2CCc2cccnc2)cc1. The zero-order valence-corrected chi connectivity index (χ0v) is 14.2. The van der Waals surface area contributed by atoms with Crippen molar-refractivity contribution in [3.63, 3.8) is 0 Å². The molecule has 1 N–H and O–H groups in total. The first-order valence-electron chi connectivity index (χ1n) is 8.75. The molecule has 1 aromatic carbocycles. The predicted molar refractivity (Wildman–Crippen MR) is 97.1 cm³/mol. The summed E-state index contributed by atoms with van der Waals surface area (Å²) in [5.74, 6) is 0. The molecule has 1 aromatic heterocycles. The van der Waals surface area contributed by atoms with Crippen molar-refractivity contribution in [2.45, 2.75) is 45.1 Å². The van der Waals surface area contributed by atoms with E-state index in [-0.39, 0.29) is 6.03 Å². The van der Waals surface area contributed by atoms with Gasteiger partial charge in [0.05, 0.1) is 0 Å². The molecule has 0 radical (unpaired) electrons. The summed E-state index contributed by atoms with van der Waals surface area (Å²) in [6, 6.07) is 12.4. The van der Waals surface area contributed by atoms with E-state index in [4.69, 9.17) is 0 Å². The molecule has 1 aliphatic rings. The summed E-state index contributed by atoms with van der Waals surface area (Å²) in [4.78, 5) is 18.9. The van der Waals surface area contributed by atoms with Gasteiger partial charge in [-0.3, -0.25) is 4.98 Å². The highest BCUT2D eigenvalue weighted by Gasteiger charge is 2.26. The maximum atomic E-state index is 12.7. The Labute approximate surface area is 143 Å². The molecular formula is C20H25N3O. The topological polar surface area (TPSA) is 45.2 Å². The number of likely N-dealkylation sites (tertiary alicyclic amines) is 1. The monoisotopic (exact) mass is 323 g/mol. The number of pyridine rings is 1. The molecule has 126 valence electrons. The average molecular weight is 323 g/mol. The van der Waals surface area contributed by atoms with E-state index in [2.05, 4.69) is 16.4 Å². The van der Waals surface area contributed by atoms with Gasteiger partial charge in [-0.1, -0.05) is 23.8 Å². The van der Waals surface area contributed by atoms with Crippen molar-refractivity contribution in [2.24, 2.45) is 0 Å². The van der Waals surface area contributed by atoms with Crippen LogP contribution in [0.3, 0.4) is 0 Å². The van der Waals surface area contributed by atoms with Crippen LogP contribution in [-0.2, 0) is 6.42 Å². The highest BCUT2D eigenvalue weighted by atomic mass is 16.2. The Bertz CT molecular complexity index is 654. The fraction of sp³-hybridized carbons (Fsp3) is 0.400. The third-order valence-corrected chi connectivity index (χ3v) is 4.68. The standard InChI is InChI=1S/C20H25N3O/c1-16-7-10-18(11-8-16)22-20(24)23-14-3-2-6-19(23)12-9-17-5-4-13-21-15-17/h4-5,7-8,10-11,13,15,19H,2-3,6,9,12,14H2,1H3,(H,22,24). The Hall–Kier alpha value is -2.36. The lowest BCUT2D eigenvalue weighted by atomic mass is 9.96. The van der Waals surface area contributed by atoms with Gasteiger partial charge in [-0.25, -0.2) is 4.79 Å². The molecule has 1 fully saturated rings. The van der Waals surface area contributed by atoms with E-state index < -0.39 is 0 Å². The van der Waals surface area contributed by atoms with Crippen LogP contribution in [0.4, 0.5) is 10.5 Å². The molecule has 2 heterocycles. The van der Waals surface area contributed by atoms with E-state index in [1.54, 1.807) is 6.20 Å². The van der Waals surface area contributed by atoms with Gasteiger partial charge in [0.15, 0.2) is 0 Å². The van der Waals surface area contributed by atoms with E-state index in [0.29, 0.717) is 6.04 Å². The maximum Gasteiger partial charge on any atom is 0.322 e. The largest absolute Gasteiger partial charge is 0.322 e. The first kappa shape index (κ1) is 16.5. The smallest absolute Gasteiger partial charge is 0.322 e. The summed E-state index contributed by atoms with van der Waals surface area (Å²) < 4.78 is 0. The quantitative estimate of drug-likeness (QED) is 0.906. The van der Waals surface area contributed by atoms with E-state index in [0.717, 1.165) is 37.9 Å². The fourth-order valence-electron chi connectivity index (χ4n) is 3.28. The van der Waals surface area contributed by atoms with Gasteiger partial charge in [0, 0.05) is 30.7 Å². The van der Waals surface area contributed by atoms with Gasteiger partial charge >= 0.3 is 6.03 Å². The number of amides is 2. The molecule has 1 unspecified atom stereocenters. The number of hydrogen-bond donors (Lipinski definition) is 1. The van der Waals surface area contributed by atoms with Gasteiger partial charge in [-0.2, -0.15) is 0 Å². The molecule has 0 spiro atoms. The number of aromatic nitrogens is 1. The Morgan fingerprint density at radius 2 is 2.08 bits per heavy atom. The summed E-state index contributed by atoms with van der Waals surface area (Å²) in [6.45, 7) is 2.89. The first-order valence-corrected chi connectivity index (χ1v) is 8.75. The second kappa shape index (κ2) is 7.95. The third-order valence-electron chi connectivity index (χ3n) is 4.68. The number of anilines is 1. The lowest BCUT2D eigenvalue weighted by Gasteiger charge is -2.36. The molecule has 3 rings (SSSR count).